The van der Waals surface area contributed by atoms with Crippen LogP contribution in [0.5, 0.6) is 0 Å². The second kappa shape index (κ2) is 8.17. The molecule has 1 amide bonds. The lowest BCUT2D eigenvalue weighted by Gasteiger charge is -2.41. The SMILES string of the molecule is O=C(c1cn[nH]c1-c1ccccc1F)N1CCC(CO)(Cc2ccccc2)CC1. The minimum atomic E-state index is -0.397. The number of piperidine rings is 1. The summed E-state index contributed by atoms with van der Waals surface area (Å²) in [4.78, 5) is 14.9. The second-order valence-corrected chi connectivity index (χ2v) is 7.75. The van der Waals surface area contributed by atoms with Gasteiger partial charge < -0.3 is 10.0 Å². The van der Waals surface area contributed by atoms with Crippen molar-refractivity contribution in [1.29, 1.82) is 0 Å². The molecule has 6 heteroatoms. The first-order chi connectivity index (χ1) is 14.1. The highest BCUT2D eigenvalue weighted by molar-refractivity contribution is 5.99. The van der Waals surface area contributed by atoms with Gasteiger partial charge >= 0.3 is 0 Å². The Balaban J connectivity index is 1.49. The van der Waals surface area contributed by atoms with Crippen LogP contribution in [-0.4, -0.2) is 45.8 Å². The molecule has 1 aromatic heterocycles. The standard InChI is InChI=1S/C23H24FN3O2/c24-20-9-5-4-8-18(20)21-19(15-25-26-21)22(29)27-12-10-23(16-28,11-13-27)14-17-6-2-1-3-7-17/h1-9,15,28H,10-14,16H2,(H,25,26). The highest BCUT2D eigenvalue weighted by Gasteiger charge is 2.36. The van der Waals surface area contributed by atoms with Gasteiger partial charge in [-0.3, -0.25) is 9.89 Å². The third-order valence-corrected chi connectivity index (χ3v) is 5.88. The number of carbonyl (C=O) groups excluding carboxylic acids is 1. The fourth-order valence-electron chi connectivity index (χ4n) is 4.09. The first-order valence-corrected chi connectivity index (χ1v) is 9.84. The predicted molar refractivity (Wildman–Crippen MR) is 109 cm³/mol. The molecular weight excluding hydrogens is 369 g/mol. The van der Waals surface area contributed by atoms with Crippen LogP contribution in [0.2, 0.25) is 0 Å². The number of aromatic nitrogens is 2. The van der Waals surface area contributed by atoms with Gasteiger partial charge in [-0.2, -0.15) is 5.10 Å². The summed E-state index contributed by atoms with van der Waals surface area (Å²) in [5.74, 6) is -0.560. The Morgan fingerprint density at radius 3 is 2.48 bits per heavy atom. The molecule has 0 spiro atoms. The van der Waals surface area contributed by atoms with Crippen LogP contribution in [-0.2, 0) is 6.42 Å². The number of aliphatic hydroxyl groups is 1. The molecule has 1 aliphatic rings. The van der Waals surface area contributed by atoms with Gasteiger partial charge in [0, 0.05) is 30.7 Å². The maximum Gasteiger partial charge on any atom is 0.257 e. The number of H-pyrrole nitrogens is 1. The predicted octanol–water partition coefficient (Wildman–Crippen LogP) is 3.67. The summed E-state index contributed by atoms with van der Waals surface area (Å²) < 4.78 is 14.2. The van der Waals surface area contributed by atoms with Crippen molar-refractivity contribution < 1.29 is 14.3 Å². The number of hydrogen-bond acceptors (Lipinski definition) is 3. The molecule has 3 aromatic rings. The lowest BCUT2D eigenvalue weighted by atomic mass is 9.74. The third-order valence-electron chi connectivity index (χ3n) is 5.88. The quantitative estimate of drug-likeness (QED) is 0.695. The zero-order valence-electron chi connectivity index (χ0n) is 16.1. The Labute approximate surface area is 169 Å². The Kier molecular flexibility index (Phi) is 5.45. The number of nitrogens with zero attached hydrogens (tertiary/aromatic N) is 2. The Morgan fingerprint density at radius 1 is 1.10 bits per heavy atom. The summed E-state index contributed by atoms with van der Waals surface area (Å²) in [5, 5.41) is 16.8. The molecule has 0 aliphatic carbocycles. The lowest BCUT2D eigenvalue weighted by molar-refractivity contribution is 0.0359. The van der Waals surface area contributed by atoms with E-state index in [2.05, 4.69) is 22.3 Å². The van der Waals surface area contributed by atoms with Crippen LogP contribution in [0.25, 0.3) is 11.3 Å². The third kappa shape index (κ3) is 3.93. The molecule has 0 saturated carbocycles. The van der Waals surface area contributed by atoms with E-state index < -0.39 is 5.82 Å². The van der Waals surface area contributed by atoms with E-state index >= 15 is 0 Å². The molecular formula is C23H24FN3O2. The largest absolute Gasteiger partial charge is 0.396 e. The smallest absolute Gasteiger partial charge is 0.257 e. The zero-order chi connectivity index (χ0) is 20.3. The number of carbonyl (C=O) groups is 1. The molecule has 1 saturated heterocycles. The minimum Gasteiger partial charge on any atom is -0.396 e. The molecule has 1 fully saturated rings. The van der Waals surface area contributed by atoms with Crippen molar-refractivity contribution in [2.75, 3.05) is 19.7 Å². The molecule has 150 valence electrons. The number of likely N-dealkylation sites (tertiary alicyclic amines) is 1. The average molecular weight is 393 g/mol. The maximum absolute atomic E-state index is 14.2. The number of amides is 1. The molecule has 0 bridgehead atoms. The number of halogens is 1. The van der Waals surface area contributed by atoms with Gasteiger partial charge in [-0.15, -0.1) is 0 Å². The fourth-order valence-corrected chi connectivity index (χ4v) is 4.09. The van der Waals surface area contributed by atoms with Crippen LogP contribution in [0.1, 0.15) is 28.8 Å². The van der Waals surface area contributed by atoms with Gasteiger partial charge in [0.1, 0.15) is 5.82 Å². The van der Waals surface area contributed by atoms with Crippen LogP contribution >= 0.6 is 0 Å². The molecule has 0 unspecified atom stereocenters. The van der Waals surface area contributed by atoms with Crippen LogP contribution in [0.15, 0.2) is 60.8 Å². The van der Waals surface area contributed by atoms with Crippen molar-refractivity contribution in [3.8, 4) is 11.3 Å². The van der Waals surface area contributed by atoms with Crippen molar-refractivity contribution in [2.24, 2.45) is 5.41 Å². The van der Waals surface area contributed by atoms with Crippen LogP contribution < -0.4 is 0 Å². The Bertz CT molecular complexity index is 979. The molecule has 2 aromatic carbocycles. The summed E-state index contributed by atoms with van der Waals surface area (Å²) in [6, 6.07) is 16.5. The van der Waals surface area contributed by atoms with Gasteiger partial charge in [0.15, 0.2) is 0 Å². The van der Waals surface area contributed by atoms with E-state index in [9.17, 15) is 14.3 Å². The van der Waals surface area contributed by atoms with E-state index in [1.165, 1.54) is 17.8 Å². The molecule has 1 aliphatic heterocycles. The number of aromatic amines is 1. The van der Waals surface area contributed by atoms with E-state index in [1.54, 1.807) is 23.1 Å². The summed E-state index contributed by atoms with van der Waals surface area (Å²) in [5.41, 5.74) is 2.08. The summed E-state index contributed by atoms with van der Waals surface area (Å²) in [6.45, 7) is 1.19. The zero-order valence-corrected chi connectivity index (χ0v) is 16.1. The number of nitrogens with one attached hydrogen (secondary N) is 1. The summed E-state index contributed by atoms with van der Waals surface area (Å²) >= 11 is 0. The number of aliphatic hydroxyl groups excluding tert-OH is 1. The first-order valence-electron chi connectivity index (χ1n) is 9.84. The monoisotopic (exact) mass is 393 g/mol. The highest BCUT2D eigenvalue weighted by atomic mass is 19.1. The molecule has 2 N–H and O–H groups in total. The second-order valence-electron chi connectivity index (χ2n) is 7.75. The van der Waals surface area contributed by atoms with Gasteiger partial charge in [0.05, 0.1) is 17.5 Å². The van der Waals surface area contributed by atoms with Gasteiger partial charge in [-0.05, 0) is 37.0 Å². The van der Waals surface area contributed by atoms with Crippen LogP contribution in [0.3, 0.4) is 0 Å². The Hall–Kier alpha value is -2.99. The van der Waals surface area contributed by atoms with Crippen LogP contribution in [0, 0.1) is 11.2 Å². The first kappa shape index (κ1) is 19.3. The van der Waals surface area contributed by atoms with Crippen molar-refractivity contribution in [1.82, 2.24) is 15.1 Å². The normalized spacial score (nSPS) is 16.0. The lowest BCUT2D eigenvalue weighted by Crippen LogP contribution is -2.45. The highest BCUT2D eigenvalue weighted by Crippen LogP contribution is 2.36. The van der Waals surface area contributed by atoms with Gasteiger partial charge in [0.25, 0.3) is 5.91 Å². The number of hydrogen-bond donors (Lipinski definition) is 2. The van der Waals surface area contributed by atoms with E-state index in [0.29, 0.717) is 29.9 Å². The van der Waals surface area contributed by atoms with Crippen molar-refractivity contribution in [3.05, 3.63) is 77.7 Å². The van der Waals surface area contributed by atoms with Crippen molar-refractivity contribution in [3.63, 3.8) is 0 Å². The van der Waals surface area contributed by atoms with E-state index in [0.717, 1.165) is 19.3 Å². The summed E-state index contributed by atoms with van der Waals surface area (Å²) in [6.07, 6.45) is 3.69. The minimum absolute atomic E-state index is 0.0934. The molecule has 5 nitrogen and oxygen atoms in total. The molecule has 29 heavy (non-hydrogen) atoms. The maximum atomic E-state index is 14.2. The van der Waals surface area contributed by atoms with E-state index in [4.69, 9.17) is 0 Å². The number of benzene rings is 2. The van der Waals surface area contributed by atoms with Crippen molar-refractivity contribution in [2.45, 2.75) is 19.3 Å². The van der Waals surface area contributed by atoms with Gasteiger partial charge in [-0.1, -0.05) is 42.5 Å². The topological polar surface area (TPSA) is 69.2 Å². The van der Waals surface area contributed by atoms with Gasteiger partial charge in [0.2, 0.25) is 0 Å². The summed E-state index contributed by atoms with van der Waals surface area (Å²) in [7, 11) is 0. The molecule has 4 rings (SSSR count). The Morgan fingerprint density at radius 2 is 1.79 bits per heavy atom. The van der Waals surface area contributed by atoms with Crippen LogP contribution in [0.4, 0.5) is 4.39 Å². The van der Waals surface area contributed by atoms with Gasteiger partial charge in [-0.25, -0.2) is 4.39 Å². The van der Waals surface area contributed by atoms with E-state index in [1.807, 2.05) is 18.2 Å². The molecule has 2 heterocycles. The average Bonchev–Trinajstić information content (AvgIpc) is 3.24. The van der Waals surface area contributed by atoms with E-state index in [-0.39, 0.29) is 17.9 Å². The number of rotatable bonds is 5. The molecule has 0 atom stereocenters. The fraction of sp³-hybridized carbons (Fsp3) is 0.304. The van der Waals surface area contributed by atoms with Crippen molar-refractivity contribution >= 4 is 5.91 Å². The molecule has 0 radical (unpaired) electrons.